The average Bonchev–Trinajstić information content (AvgIpc) is 2.73. The van der Waals surface area contributed by atoms with Gasteiger partial charge in [0.1, 0.15) is 0 Å². The zero-order chi connectivity index (χ0) is 13.2. The molecule has 0 bridgehead atoms. The Hall–Kier alpha value is -1.27. The topological polar surface area (TPSA) is 67.4 Å². The molecule has 1 fully saturated rings. The number of rotatable bonds is 4. The Balaban J connectivity index is 2.09. The molecule has 2 N–H and O–H groups in total. The second kappa shape index (κ2) is 5.16. The summed E-state index contributed by atoms with van der Waals surface area (Å²) < 4.78 is 30.1. The molecule has 0 saturated carbocycles. The molecule has 1 aliphatic rings. The van der Waals surface area contributed by atoms with Crippen LogP contribution in [0.2, 0.25) is 0 Å². The summed E-state index contributed by atoms with van der Waals surface area (Å²) in [6.07, 6.45) is 2.15. The van der Waals surface area contributed by atoms with E-state index in [0.717, 1.165) is 37.1 Å². The molecule has 100 valence electrons. The van der Waals surface area contributed by atoms with Gasteiger partial charge in [0.05, 0.1) is 24.6 Å². The van der Waals surface area contributed by atoms with Gasteiger partial charge in [0.15, 0.2) is 0 Å². The van der Waals surface area contributed by atoms with Crippen LogP contribution in [0.5, 0.6) is 0 Å². The van der Waals surface area contributed by atoms with Crippen molar-refractivity contribution in [1.82, 2.24) is 0 Å². The summed E-state index contributed by atoms with van der Waals surface area (Å²) >= 11 is 0. The third-order valence-corrected chi connectivity index (χ3v) is 3.41. The average molecular weight is 270 g/mol. The molecular formula is C12H18N2O3S. The van der Waals surface area contributed by atoms with Crippen molar-refractivity contribution in [3.05, 3.63) is 23.8 Å². The van der Waals surface area contributed by atoms with Crippen LogP contribution in [-0.4, -0.2) is 33.9 Å². The number of hydrogen-bond acceptors (Lipinski definition) is 4. The molecule has 0 radical (unpaired) electrons. The monoisotopic (exact) mass is 270 g/mol. The largest absolute Gasteiger partial charge is 0.380 e. The molecule has 1 aromatic rings. The van der Waals surface area contributed by atoms with E-state index in [1.165, 1.54) is 0 Å². The van der Waals surface area contributed by atoms with Crippen molar-refractivity contribution >= 4 is 21.4 Å². The van der Waals surface area contributed by atoms with Crippen molar-refractivity contribution in [2.75, 3.05) is 29.5 Å². The lowest BCUT2D eigenvalue weighted by molar-refractivity contribution is 0.195. The molecule has 1 aromatic carbocycles. The minimum atomic E-state index is -3.23. The second-order valence-electron chi connectivity index (χ2n) is 4.61. The van der Waals surface area contributed by atoms with Gasteiger partial charge in [-0.15, -0.1) is 0 Å². The van der Waals surface area contributed by atoms with E-state index in [1.54, 1.807) is 6.07 Å². The zero-order valence-corrected chi connectivity index (χ0v) is 11.4. The lowest BCUT2D eigenvalue weighted by Crippen LogP contribution is -2.19. The normalized spacial score (nSPS) is 19.8. The highest BCUT2D eigenvalue weighted by Crippen LogP contribution is 2.22. The molecule has 1 saturated heterocycles. The Morgan fingerprint density at radius 2 is 2.17 bits per heavy atom. The highest BCUT2D eigenvalue weighted by Gasteiger charge is 2.15. The Labute approximate surface area is 108 Å². The van der Waals surface area contributed by atoms with Gasteiger partial charge < -0.3 is 10.1 Å². The van der Waals surface area contributed by atoms with Gasteiger partial charge in [-0.2, -0.15) is 0 Å². The first kappa shape index (κ1) is 13.2. The number of ether oxygens (including phenoxy) is 1. The third kappa shape index (κ3) is 3.61. The summed E-state index contributed by atoms with van der Waals surface area (Å²) in [6.45, 7) is 3.40. The fourth-order valence-corrected chi connectivity index (χ4v) is 2.58. The van der Waals surface area contributed by atoms with Gasteiger partial charge in [-0.3, -0.25) is 4.72 Å². The molecule has 18 heavy (non-hydrogen) atoms. The first-order chi connectivity index (χ1) is 8.44. The van der Waals surface area contributed by atoms with Crippen LogP contribution in [0, 0.1) is 6.92 Å². The molecule has 0 spiro atoms. The molecule has 2 rings (SSSR count). The summed E-state index contributed by atoms with van der Waals surface area (Å²) in [6, 6.07) is 5.93. The van der Waals surface area contributed by atoms with Crippen molar-refractivity contribution in [3.63, 3.8) is 0 Å². The van der Waals surface area contributed by atoms with Gasteiger partial charge in [-0.1, -0.05) is 0 Å². The number of benzene rings is 1. The predicted octanol–water partition coefficient (Wildman–Crippen LogP) is 1.57. The molecule has 5 nitrogen and oxygen atoms in total. The summed E-state index contributed by atoms with van der Waals surface area (Å²) in [5, 5.41) is 3.37. The van der Waals surface area contributed by atoms with Gasteiger partial charge in [0.25, 0.3) is 0 Å². The van der Waals surface area contributed by atoms with Crippen LogP contribution in [0.3, 0.4) is 0 Å². The maximum Gasteiger partial charge on any atom is 0.229 e. The van der Waals surface area contributed by atoms with Crippen molar-refractivity contribution in [1.29, 1.82) is 0 Å². The second-order valence-corrected chi connectivity index (χ2v) is 6.36. The predicted molar refractivity (Wildman–Crippen MR) is 72.5 cm³/mol. The first-order valence-electron chi connectivity index (χ1n) is 5.87. The third-order valence-electron chi connectivity index (χ3n) is 2.82. The minimum absolute atomic E-state index is 0.345. The van der Waals surface area contributed by atoms with Gasteiger partial charge in [0.2, 0.25) is 10.0 Å². The summed E-state index contributed by atoms with van der Waals surface area (Å²) in [7, 11) is -3.23. The number of hydrogen-bond donors (Lipinski definition) is 2. The fourth-order valence-electron chi connectivity index (χ4n) is 1.95. The molecule has 0 amide bonds. The van der Waals surface area contributed by atoms with Crippen molar-refractivity contribution in [2.45, 2.75) is 19.4 Å². The van der Waals surface area contributed by atoms with E-state index in [0.29, 0.717) is 11.7 Å². The van der Waals surface area contributed by atoms with Crippen LogP contribution in [-0.2, 0) is 14.8 Å². The summed E-state index contributed by atoms with van der Waals surface area (Å²) in [4.78, 5) is 0. The Bertz CT molecular complexity index is 522. The van der Waals surface area contributed by atoms with E-state index in [4.69, 9.17) is 4.74 Å². The molecule has 1 aliphatic heterocycles. The lowest BCUT2D eigenvalue weighted by atomic mass is 10.1. The van der Waals surface area contributed by atoms with Gasteiger partial charge >= 0.3 is 0 Å². The molecule has 1 heterocycles. The van der Waals surface area contributed by atoms with E-state index in [1.807, 2.05) is 19.1 Å². The smallest absolute Gasteiger partial charge is 0.229 e. The van der Waals surface area contributed by atoms with Crippen LogP contribution in [0.15, 0.2) is 18.2 Å². The van der Waals surface area contributed by atoms with Gasteiger partial charge in [-0.05, 0) is 37.1 Å². The Kier molecular flexibility index (Phi) is 3.77. The van der Waals surface area contributed by atoms with E-state index < -0.39 is 10.0 Å². The Morgan fingerprint density at radius 3 is 2.72 bits per heavy atom. The van der Waals surface area contributed by atoms with Crippen LogP contribution in [0.1, 0.15) is 12.0 Å². The Morgan fingerprint density at radius 1 is 1.39 bits per heavy atom. The lowest BCUT2D eigenvalue weighted by Gasteiger charge is -2.14. The number of nitrogens with one attached hydrogen (secondary N) is 2. The number of aryl methyl sites for hydroxylation is 1. The van der Waals surface area contributed by atoms with E-state index in [9.17, 15) is 8.42 Å². The molecule has 0 aliphatic carbocycles. The molecule has 1 atom stereocenters. The van der Waals surface area contributed by atoms with E-state index >= 15 is 0 Å². The van der Waals surface area contributed by atoms with Crippen molar-refractivity contribution in [3.8, 4) is 0 Å². The molecule has 6 heteroatoms. The van der Waals surface area contributed by atoms with Crippen LogP contribution in [0.25, 0.3) is 0 Å². The van der Waals surface area contributed by atoms with Crippen molar-refractivity contribution in [2.24, 2.45) is 0 Å². The van der Waals surface area contributed by atoms with Crippen LogP contribution < -0.4 is 10.0 Å². The first-order valence-corrected chi connectivity index (χ1v) is 7.76. The quantitative estimate of drug-likeness (QED) is 0.871. The van der Waals surface area contributed by atoms with Gasteiger partial charge in [-0.25, -0.2) is 8.42 Å². The maximum absolute atomic E-state index is 11.2. The number of sulfonamides is 1. The fraction of sp³-hybridized carbons (Fsp3) is 0.500. The van der Waals surface area contributed by atoms with E-state index in [2.05, 4.69) is 10.0 Å². The SMILES string of the molecule is Cc1cc(NC2CCOC2)ccc1NS(C)(=O)=O. The van der Waals surface area contributed by atoms with Crippen LogP contribution >= 0.6 is 0 Å². The van der Waals surface area contributed by atoms with Crippen molar-refractivity contribution < 1.29 is 13.2 Å². The minimum Gasteiger partial charge on any atom is -0.380 e. The summed E-state index contributed by atoms with van der Waals surface area (Å²) in [5.74, 6) is 0. The van der Waals surface area contributed by atoms with Gasteiger partial charge in [0, 0.05) is 12.3 Å². The summed E-state index contributed by atoms with van der Waals surface area (Å²) in [5.41, 5.74) is 2.50. The standard InChI is InChI=1S/C12H18N2O3S/c1-9-7-10(13-11-5-6-17-8-11)3-4-12(9)14-18(2,15)16/h3-4,7,11,13-14H,5-6,8H2,1-2H3. The molecule has 1 unspecified atom stereocenters. The highest BCUT2D eigenvalue weighted by molar-refractivity contribution is 7.92. The molecular weight excluding hydrogens is 252 g/mol. The zero-order valence-electron chi connectivity index (χ0n) is 10.6. The van der Waals surface area contributed by atoms with Crippen LogP contribution in [0.4, 0.5) is 11.4 Å². The maximum atomic E-state index is 11.2. The number of anilines is 2. The molecule has 0 aromatic heterocycles. The highest BCUT2D eigenvalue weighted by atomic mass is 32.2. The van der Waals surface area contributed by atoms with E-state index in [-0.39, 0.29) is 0 Å².